The number of esters is 1. The zero-order chi connectivity index (χ0) is 18.6. The smallest absolute Gasteiger partial charge is 0.339 e. The van der Waals surface area contributed by atoms with Gasteiger partial charge < -0.3 is 9.64 Å². The monoisotopic (exact) mass is 381 g/mol. The van der Waals surface area contributed by atoms with E-state index in [0.29, 0.717) is 18.7 Å². The third kappa shape index (κ3) is 3.98. The van der Waals surface area contributed by atoms with Gasteiger partial charge in [0.15, 0.2) is 6.61 Å². The number of amides is 1. The summed E-state index contributed by atoms with van der Waals surface area (Å²) < 4.78 is 5.33. The van der Waals surface area contributed by atoms with Gasteiger partial charge in [-0.05, 0) is 48.8 Å². The zero-order valence-electron chi connectivity index (χ0n) is 15.3. The molecule has 1 aliphatic heterocycles. The molecule has 2 aromatic rings. The lowest BCUT2D eigenvalue weighted by atomic mass is 9.96. The number of rotatable bonds is 4. The van der Waals surface area contributed by atoms with E-state index in [2.05, 4.69) is 18.2 Å². The molecule has 0 saturated heterocycles. The molecule has 4 nitrogen and oxygen atoms in total. The summed E-state index contributed by atoms with van der Waals surface area (Å²) in [4.78, 5) is 27.9. The highest BCUT2D eigenvalue weighted by molar-refractivity contribution is 7.10. The van der Waals surface area contributed by atoms with Crippen LogP contribution in [0.15, 0.2) is 41.8 Å². The number of ether oxygens (including phenoxy) is 1. The summed E-state index contributed by atoms with van der Waals surface area (Å²) in [6, 6.07) is 10.2. The average molecular weight is 381 g/mol. The molecular formula is C22H23NO3S. The van der Waals surface area contributed by atoms with Crippen LogP contribution in [0.1, 0.15) is 45.6 Å². The van der Waals surface area contributed by atoms with Crippen LogP contribution >= 0.6 is 11.3 Å². The van der Waals surface area contributed by atoms with Crippen molar-refractivity contribution in [3.8, 4) is 0 Å². The molecule has 5 heteroatoms. The van der Waals surface area contributed by atoms with E-state index in [-0.39, 0.29) is 18.5 Å². The molecule has 2 heterocycles. The van der Waals surface area contributed by atoms with Crippen LogP contribution < -0.4 is 0 Å². The summed E-state index contributed by atoms with van der Waals surface area (Å²) >= 11 is 1.64. The van der Waals surface area contributed by atoms with Crippen molar-refractivity contribution in [3.05, 3.63) is 63.4 Å². The molecule has 0 spiro atoms. The third-order valence-corrected chi connectivity index (χ3v) is 6.40. The molecule has 0 N–H and O–H groups in total. The third-order valence-electron chi connectivity index (χ3n) is 5.31. The maximum absolute atomic E-state index is 12.4. The van der Waals surface area contributed by atoms with E-state index >= 15 is 0 Å². The van der Waals surface area contributed by atoms with E-state index in [1.165, 1.54) is 22.4 Å². The Hall–Kier alpha value is -2.40. The second-order valence-corrected chi connectivity index (χ2v) is 7.98. The van der Waals surface area contributed by atoms with Crippen molar-refractivity contribution in [3.63, 3.8) is 0 Å². The van der Waals surface area contributed by atoms with Crippen LogP contribution in [0.5, 0.6) is 0 Å². The van der Waals surface area contributed by atoms with Crippen LogP contribution in [0.2, 0.25) is 0 Å². The minimum Gasteiger partial charge on any atom is -0.452 e. The van der Waals surface area contributed by atoms with E-state index in [1.807, 2.05) is 23.6 Å². The molecule has 0 unspecified atom stereocenters. The number of nitrogens with zero attached hydrogens (tertiary/aromatic N) is 1. The molecule has 0 bridgehead atoms. The Morgan fingerprint density at radius 2 is 1.89 bits per heavy atom. The Bertz CT molecular complexity index is 869. The highest BCUT2D eigenvalue weighted by Gasteiger charge is 2.23. The van der Waals surface area contributed by atoms with Gasteiger partial charge in [-0.2, -0.15) is 0 Å². The SMILES string of the molecule is O=C(OCC(=O)N1CC=C(c2ccccc2)CC1)c1csc2c1CCCC2. The van der Waals surface area contributed by atoms with Crippen molar-refractivity contribution in [2.24, 2.45) is 0 Å². The number of carbonyl (C=O) groups is 2. The van der Waals surface area contributed by atoms with Crippen molar-refractivity contribution in [2.75, 3.05) is 19.7 Å². The van der Waals surface area contributed by atoms with Crippen LogP contribution in [-0.2, 0) is 22.4 Å². The van der Waals surface area contributed by atoms with E-state index in [9.17, 15) is 9.59 Å². The van der Waals surface area contributed by atoms with E-state index in [0.717, 1.165) is 31.2 Å². The molecule has 0 fully saturated rings. The minimum absolute atomic E-state index is 0.129. The average Bonchev–Trinajstić information content (AvgIpc) is 3.17. The summed E-state index contributed by atoms with van der Waals surface area (Å²) in [6.07, 6.45) is 7.21. The molecule has 1 amide bonds. The minimum atomic E-state index is -0.361. The Morgan fingerprint density at radius 3 is 2.67 bits per heavy atom. The molecule has 0 atom stereocenters. The fourth-order valence-electron chi connectivity index (χ4n) is 3.77. The van der Waals surface area contributed by atoms with Gasteiger partial charge >= 0.3 is 5.97 Å². The first kappa shape index (κ1) is 18.0. The normalized spacial score (nSPS) is 16.4. The Labute approximate surface area is 163 Å². The molecule has 1 aromatic heterocycles. The first-order chi connectivity index (χ1) is 13.2. The number of carbonyl (C=O) groups excluding carboxylic acids is 2. The predicted molar refractivity (Wildman–Crippen MR) is 107 cm³/mol. The van der Waals surface area contributed by atoms with Crippen LogP contribution in [0.25, 0.3) is 5.57 Å². The number of aryl methyl sites for hydroxylation is 1. The van der Waals surface area contributed by atoms with Gasteiger partial charge in [0, 0.05) is 23.3 Å². The topological polar surface area (TPSA) is 46.6 Å². The molecule has 2 aliphatic rings. The lowest BCUT2D eigenvalue weighted by Gasteiger charge is -2.26. The number of benzene rings is 1. The van der Waals surface area contributed by atoms with E-state index < -0.39 is 0 Å². The van der Waals surface area contributed by atoms with Crippen LogP contribution in [0.3, 0.4) is 0 Å². The lowest BCUT2D eigenvalue weighted by Crippen LogP contribution is -2.37. The Morgan fingerprint density at radius 1 is 1.07 bits per heavy atom. The van der Waals surface area contributed by atoms with E-state index in [1.54, 1.807) is 16.2 Å². The van der Waals surface area contributed by atoms with Crippen molar-refractivity contribution in [1.82, 2.24) is 4.90 Å². The number of hydrogen-bond donors (Lipinski definition) is 0. The van der Waals surface area contributed by atoms with E-state index in [4.69, 9.17) is 4.74 Å². The maximum Gasteiger partial charge on any atom is 0.339 e. The quantitative estimate of drug-likeness (QED) is 0.749. The van der Waals surface area contributed by atoms with Gasteiger partial charge in [-0.25, -0.2) is 4.79 Å². The molecule has 140 valence electrons. The zero-order valence-corrected chi connectivity index (χ0v) is 16.1. The van der Waals surface area contributed by atoms with Gasteiger partial charge in [-0.15, -0.1) is 11.3 Å². The van der Waals surface area contributed by atoms with Crippen molar-refractivity contribution in [2.45, 2.75) is 32.1 Å². The van der Waals surface area contributed by atoms with Crippen LogP contribution in [-0.4, -0.2) is 36.5 Å². The fraction of sp³-hybridized carbons (Fsp3) is 0.364. The molecule has 1 aromatic carbocycles. The van der Waals surface area contributed by atoms with Gasteiger partial charge in [0.1, 0.15) is 0 Å². The number of hydrogen-bond acceptors (Lipinski definition) is 4. The maximum atomic E-state index is 12.4. The fourth-order valence-corrected chi connectivity index (χ4v) is 4.89. The number of thiophene rings is 1. The van der Waals surface area contributed by atoms with Crippen LogP contribution in [0, 0.1) is 0 Å². The number of fused-ring (bicyclic) bond motifs is 1. The van der Waals surface area contributed by atoms with Gasteiger partial charge in [-0.1, -0.05) is 36.4 Å². The summed E-state index contributed by atoms with van der Waals surface area (Å²) in [7, 11) is 0. The molecule has 0 saturated carbocycles. The largest absolute Gasteiger partial charge is 0.452 e. The molecule has 1 aliphatic carbocycles. The summed E-state index contributed by atoms with van der Waals surface area (Å²) in [5.74, 6) is -0.490. The standard InChI is InChI=1S/C22H23NO3S/c24-21(23-12-10-17(11-13-23)16-6-2-1-3-7-16)14-26-22(25)19-15-27-20-9-5-4-8-18(19)20/h1-3,6-7,10,15H,4-5,8-9,11-14H2. The van der Waals surface area contributed by atoms with Gasteiger partial charge in [0.2, 0.25) is 0 Å². The second kappa shape index (κ2) is 8.09. The first-order valence-electron chi connectivity index (χ1n) is 9.51. The highest BCUT2D eigenvalue weighted by Crippen LogP contribution is 2.30. The summed E-state index contributed by atoms with van der Waals surface area (Å²) in [5.41, 5.74) is 4.27. The van der Waals surface area contributed by atoms with Gasteiger partial charge in [0.25, 0.3) is 5.91 Å². The second-order valence-electron chi connectivity index (χ2n) is 7.02. The van der Waals surface area contributed by atoms with Gasteiger partial charge in [0.05, 0.1) is 5.56 Å². The molecule has 27 heavy (non-hydrogen) atoms. The Kier molecular flexibility index (Phi) is 5.39. The first-order valence-corrected chi connectivity index (χ1v) is 10.4. The summed E-state index contributed by atoms with van der Waals surface area (Å²) in [6.45, 7) is 1.04. The lowest BCUT2D eigenvalue weighted by molar-refractivity contribution is -0.134. The Balaban J connectivity index is 1.32. The van der Waals surface area contributed by atoms with Crippen molar-refractivity contribution >= 4 is 28.8 Å². The summed E-state index contributed by atoms with van der Waals surface area (Å²) in [5, 5.41) is 1.89. The molecule has 4 rings (SSSR count). The van der Waals surface area contributed by atoms with Crippen LogP contribution in [0.4, 0.5) is 0 Å². The predicted octanol–water partition coefficient (Wildman–Crippen LogP) is 4.10. The highest BCUT2D eigenvalue weighted by atomic mass is 32.1. The molecular weight excluding hydrogens is 358 g/mol. The van der Waals surface area contributed by atoms with Gasteiger partial charge in [-0.3, -0.25) is 4.79 Å². The molecule has 0 radical (unpaired) electrons. The van der Waals surface area contributed by atoms with Crippen molar-refractivity contribution < 1.29 is 14.3 Å². The van der Waals surface area contributed by atoms with Crippen molar-refractivity contribution in [1.29, 1.82) is 0 Å².